The first-order valence-electron chi connectivity index (χ1n) is 11.1. The second-order valence-electron chi connectivity index (χ2n) is 8.39. The summed E-state index contributed by atoms with van der Waals surface area (Å²) in [7, 11) is -4.07. The van der Waals surface area contributed by atoms with Crippen molar-refractivity contribution in [3.05, 3.63) is 36.7 Å². The number of benzene rings is 1. The van der Waals surface area contributed by atoms with Crippen LogP contribution in [-0.2, 0) is 18.3 Å². The van der Waals surface area contributed by atoms with Gasteiger partial charge in [0.05, 0.1) is 12.9 Å². The molecule has 2 aliphatic rings. The Morgan fingerprint density at radius 2 is 2.15 bits per heavy atom. The topological polar surface area (TPSA) is 136 Å². The van der Waals surface area contributed by atoms with Gasteiger partial charge in [0, 0.05) is 6.54 Å². The van der Waals surface area contributed by atoms with Gasteiger partial charge in [-0.25, -0.2) is 13.9 Å². The zero-order chi connectivity index (χ0) is 23.9. The maximum absolute atomic E-state index is 16.2. The van der Waals surface area contributed by atoms with E-state index in [1.54, 1.807) is 30.3 Å². The highest BCUT2D eigenvalue weighted by Gasteiger charge is 2.62. The van der Waals surface area contributed by atoms with E-state index in [-0.39, 0.29) is 18.3 Å². The van der Waals surface area contributed by atoms with E-state index in [4.69, 9.17) is 24.0 Å². The molecule has 5 rings (SSSR count). The van der Waals surface area contributed by atoms with E-state index in [0.29, 0.717) is 23.5 Å². The molecule has 0 aliphatic carbocycles. The smallest absolute Gasteiger partial charge is 0.404 e. The fourth-order valence-electron chi connectivity index (χ4n) is 4.11. The standard InChI is InChI=1S/C21H26FN6O5P/c1-3-4-10-24-17-15-18(27-20(23)26-17)28(12-25-15)19-21(2,22)16-14(31-19)11-30-34(29,33-16)32-13-8-6-5-7-9-13/h5-9,12,14,16,19H,3-4,10-11H2,1-2H3,(H3,23,24,26,27)/t14-,16-,19-,21-,34-/m1/s1. The van der Waals surface area contributed by atoms with Crippen molar-refractivity contribution in [2.45, 2.75) is 50.8 Å². The van der Waals surface area contributed by atoms with Gasteiger partial charge in [0.25, 0.3) is 0 Å². The van der Waals surface area contributed by atoms with E-state index < -0.39 is 31.9 Å². The third kappa shape index (κ3) is 4.11. The Morgan fingerprint density at radius 1 is 1.35 bits per heavy atom. The van der Waals surface area contributed by atoms with Crippen molar-refractivity contribution < 1.29 is 27.3 Å². The molecule has 0 bridgehead atoms. The SMILES string of the molecule is CCCCNc1nc(N)nc2c1ncn2[C@@H]1O[C@@H]2CO[P@](=O)(Oc3ccccc3)O[C@H]2[C@@]1(C)F. The van der Waals surface area contributed by atoms with Crippen LogP contribution in [-0.4, -0.2) is 50.5 Å². The molecule has 0 spiro atoms. The molecule has 0 amide bonds. The van der Waals surface area contributed by atoms with Gasteiger partial charge < -0.3 is 20.3 Å². The Kier molecular flexibility index (Phi) is 5.93. The fourth-order valence-corrected chi connectivity index (χ4v) is 5.60. The van der Waals surface area contributed by atoms with Crippen LogP contribution in [0.25, 0.3) is 11.2 Å². The van der Waals surface area contributed by atoms with Gasteiger partial charge in [-0.1, -0.05) is 31.5 Å². The van der Waals surface area contributed by atoms with Crippen LogP contribution in [0.5, 0.6) is 5.75 Å². The molecular weight excluding hydrogens is 466 g/mol. The van der Waals surface area contributed by atoms with Crippen LogP contribution >= 0.6 is 7.82 Å². The number of nitrogen functional groups attached to an aromatic ring is 1. The summed E-state index contributed by atoms with van der Waals surface area (Å²) in [5.41, 5.74) is 4.54. The summed E-state index contributed by atoms with van der Waals surface area (Å²) in [6, 6.07) is 8.42. The van der Waals surface area contributed by atoms with Gasteiger partial charge in [-0.2, -0.15) is 9.97 Å². The Hall–Kier alpha value is -2.79. The number of aromatic nitrogens is 4. The first-order valence-corrected chi connectivity index (χ1v) is 12.5. The lowest BCUT2D eigenvalue weighted by Gasteiger charge is -2.33. The van der Waals surface area contributed by atoms with Crippen molar-refractivity contribution in [3.63, 3.8) is 0 Å². The normalized spacial score (nSPS) is 30.9. The minimum Gasteiger partial charge on any atom is -0.404 e. The molecular formula is C21H26FN6O5P. The first kappa shape index (κ1) is 23.0. The van der Waals surface area contributed by atoms with Crippen LogP contribution in [0.4, 0.5) is 16.2 Å². The Morgan fingerprint density at radius 3 is 2.91 bits per heavy atom. The Balaban J connectivity index is 1.42. The number of hydrogen-bond donors (Lipinski definition) is 2. The minimum absolute atomic E-state index is 0.0181. The number of nitrogens with two attached hydrogens (primary N) is 1. The van der Waals surface area contributed by atoms with E-state index in [1.807, 2.05) is 0 Å². The van der Waals surface area contributed by atoms with Gasteiger partial charge in [0.15, 0.2) is 28.9 Å². The lowest BCUT2D eigenvalue weighted by atomic mass is 9.98. The molecule has 0 saturated carbocycles. The number of anilines is 2. The predicted molar refractivity (Wildman–Crippen MR) is 122 cm³/mol. The molecule has 1 aromatic carbocycles. The molecule has 5 atom stereocenters. The highest BCUT2D eigenvalue weighted by molar-refractivity contribution is 7.49. The number of nitrogens with one attached hydrogen (secondary N) is 1. The van der Waals surface area contributed by atoms with Gasteiger partial charge in [0.2, 0.25) is 5.95 Å². The molecule has 0 unspecified atom stereocenters. The number of imidazole rings is 1. The quantitative estimate of drug-likeness (QED) is 0.370. The number of phosphoric ester groups is 1. The van der Waals surface area contributed by atoms with Crippen molar-refractivity contribution >= 4 is 30.8 Å². The molecule has 13 heteroatoms. The third-order valence-corrected chi connectivity index (χ3v) is 7.18. The molecule has 2 aromatic heterocycles. The zero-order valence-corrected chi connectivity index (χ0v) is 19.7. The molecule has 0 radical (unpaired) electrons. The number of nitrogens with zero attached hydrogens (tertiary/aromatic N) is 4. The number of phosphoric acid groups is 1. The first-order chi connectivity index (χ1) is 16.3. The molecule has 3 N–H and O–H groups in total. The maximum atomic E-state index is 16.2. The summed E-state index contributed by atoms with van der Waals surface area (Å²) < 4.78 is 53.1. The second-order valence-corrected chi connectivity index (χ2v) is 9.93. The second kappa shape index (κ2) is 8.77. The maximum Gasteiger partial charge on any atom is 0.530 e. The monoisotopic (exact) mass is 492 g/mol. The van der Waals surface area contributed by atoms with Crippen LogP contribution in [0.15, 0.2) is 36.7 Å². The molecule has 2 fully saturated rings. The number of alkyl halides is 1. The van der Waals surface area contributed by atoms with Gasteiger partial charge in [-0.05, 0) is 25.5 Å². The Labute approximate surface area is 195 Å². The van der Waals surface area contributed by atoms with E-state index >= 15 is 4.39 Å². The highest BCUT2D eigenvalue weighted by Crippen LogP contribution is 2.59. The number of rotatable bonds is 7. The van der Waals surface area contributed by atoms with E-state index in [0.717, 1.165) is 12.8 Å². The molecule has 11 nitrogen and oxygen atoms in total. The predicted octanol–water partition coefficient (Wildman–Crippen LogP) is 3.85. The van der Waals surface area contributed by atoms with Gasteiger partial charge in [-0.3, -0.25) is 13.6 Å². The van der Waals surface area contributed by atoms with Crippen molar-refractivity contribution in [1.29, 1.82) is 0 Å². The molecule has 2 aliphatic heterocycles. The summed E-state index contributed by atoms with van der Waals surface area (Å²) in [4.78, 5) is 12.9. The average Bonchev–Trinajstić information content (AvgIpc) is 3.32. The van der Waals surface area contributed by atoms with Crippen LogP contribution in [0, 0.1) is 0 Å². The van der Waals surface area contributed by atoms with Crippen LogP contribution in [0.1, 0.15) is 32.9 Å². The third-order valence-electron chi connectivity index (χ3n) is 5.79. The average molecular weight is 492 g/mol. The van der Waals surface area contributed by atoms with Crippen LogP contribution in [0.3, 0.4) is 0 Å². The lowest BCUT2D eigenvalue weighted by molar-refractivity contribution is -0.0655. The van der Waals surface area contributed by atoms with Gasteiger partial charge >= 0.3 is 7.82 Å². The molecule has 3 aromatic rings. The Bertz CT molecular complexity index is 1230. The van der Waals surface area contributed by atoms with Crippen LogP contribution in [0.2, 0.25) is 0 Å². The van der Waals surface area contributed by atoms with Crippen molar-refractivity contribution in [2.24, 2.45) is 0 Å². The highest BCUT2D eigenvalue weighted by atomic mass is 31.2. The number of hydrogen-bond acceptors (Lipinski definition) is 10. The lowest BCUT2D eigenvalue weighted by Crippen LogP contribution is -2.45. The van der Waals surface area contributed by atoms with Crippen molar-refractivity contribution in [1.82, 2.24) is 19.5 Å². The largest absolute Gasteiger partial charge is 0.530 e. The summed E-state index contributed by atoms with van der Waals surface area (Å²) in [6.07, 6.45) is 0.151. The zero-order valence-electron chi connectivity index (χ0n) is 18.8. The van der Waals surface area contributed by atoms with E-state index in [1.165, 1.54) is 17.8 Å². The molecule has 182 valence electrons. The number of halogens is 1. The summed E-state index contributed by atoms with van der Waals surface area (Å²) in [5, 5.41) is 3.20. The van der Waals surface area contributed by atoms with Crippen molar-refractivity contribution in [3.8, 4) is 5.75 Å². The summed E-state index contributed by atoms with van der Waals surface area (Å²) in [5.74, 6) is 0.770. The number of fused-ring (bicyclic) bond motifs is 2. The van der Waals surface area contributed by atoms with Crippen LogP contribution < -0.4 is 15.6 Å². The van der Waals surface area contributed by atoms with Crippen molar-refractivity contribution in [2.75, 3.05) is 24.2 Å². The number of unbranched alkanes of at least 4 members (excludes halogenated alkanes) is 1. The number of ether oxygens (including phenoxy) is 1. The number of para-hydroxylation sites is 1. The van der Waals surface area contributed by atoms with Gasteiger partial charge in [-0.15, -0.1) is 0 Å². The molecule has 2 saturated heterocycles. The molecule has 34 heavy (non-hydrogen) atoms. The minimum atomic E-state index is -4.07. The molecule has 4 heterocycles. The van der Waals surface area contributed by atoms with Gasteiger partial charge in [0.1, 0.15) is 18.0 Å². The van der Waals surface area contributed by atoms with E-state index in [2.05, 4.69) is 27.2 Å². The van der Waals surface area contributed by atoms with E-state index in [9.17, 15) is 4.57 Å². The summed E-state index contributed by atoms with van der Waals surface area (Å²) >= 11 is 0. The summed E-state index contributed by atoms with van der Waals surface area (Å²) in [6.45, 7) is 3.91. The fraction of sp³-hybridized carbons (Fsp3) is 0.476.